The summed E-state index contributed by atoms with van der Waals surface area (Å²) in [6.07, 6.45) is 2.35. The molecule has 1 aromatic rings. The Morgan fingerprint density at radius 1 is 1.50 bits per heavy atom. The van der Waals surface area contributed by atoms with Gasteiger partial charge in [-0.3, -0.25) is 0 Å². The molecule has 0 amide bonds. The first-order valence-electron chi connectivity index (χ1n) is 6.52. The van der Waals surface area contributed by atoms with Crippen molar-refractivity contribution in [1.29, 1.82) is 0 Å². The molecule has 0 aliphatic carbocycles. The zero-order chi connectivity index (χ0) is 13.0. The van der Waals surface area contributed by atoms with E-state index in [0.29, 0.717) is 24.3 Å². The summed E-state index contributed by atoms with van der Waals surface area (Å²) >= 11 is 5.95. The van der Waals surface area contributed by atoms with Gasteiger partial charge in [0.1, 0.15) is 0 Å². The molecule has 0 spiro atoms. The molecule has 1 unspecified atom stereocenters. The Morgan fingerprint density at radius 3 is 3.06 bits per heavy atom. The SMILES string of the molecule is CCOc1cc(C)nc(N2CCCC(CCl)C2)n1. The summed E-state index contributed by atoms with van der Waals surface area (Å²) in [5.74, 6) is 2.68. The Labute approximate surface area is 113 Å². The van der Waals surface area contributed by atoms with Gasteiger partial charge in [-0.15, -0.1) is 11.6 Å². The van der Waals surface area contributed by atoms with Crippen LogP contribution in [0.3, 0.4) is 0 Å². The molecule has 1 saturated heterocycles. The first-order chi connectivity index (χ1) is 8.72. The summed E-state index contributed by atoms with van der Waals surface area (Å²) in [6, 6.07) is 1.87. The van der Waals surface area contributed by atoms with Crippen molar-refractivity contribution < 1.29 is 4.74 Å². The van der Waals surface area contributed by atoms with Crippen LogP contribution in [0.25, 0.3) is 0 Å². The third kappa shape index (κ3) is 3.25. The second-order valence-electron chi connectivity index (χ2n) is 4.69. The number of rotatable bonds is 4. The number of hydrogen-bond acceptors (Lipinski definition) is 4. The fourth-order valence-electron chi connectivity index (χ4n) is 2.26. The first-order valence-corrected chi connectivity index (χ1v) is 7.05. The van der Waals surface area contributed by atoms with Crippen molar-refractivity contribution in [2.45, 2.75) is 26.7 Å². The second kappa shape index (κ2) is 6.23. The highest BCUT2D eigenvalue weighted by atomic mass is 35.5. The van der Waals surface area contributed by atoms with Crippen molar-refractivity contribution in [1.82, 2.24) is 9.97 Å². The van der Waals surface area contributed by atoms with Gasteiger partial charge in [0.15, 0.2) is 0 Å². The normalized spacial score (nSPS) is 19.9. The molecule has 1 aromatic heterocycles. The van der Waals surface area contributed by atoms with Crippen LogP contribution in [0.1, 0.15) is 25.5 Å². The largest absolute Gasteiger partial charge is 0.478 e. The lowest BCUT2D eigenvalue weighted by Gasteiger charge is -2.32. The van der Waals surface area contributed by atoms with Crippen LogP contribution >= 0.6 is 11.6 Å². The summed E-state index contributed by atoms with van der Waals surface area (Å²) in [6.45, 7) is 6.50. The minimum atomic E-state index is 0.542. The molecular formula is C13H20ClN3O. The van der Waals surface area contributed by atoms with Crippen LogP contribution in [0.15, 0.2) is 6.07 Å². The van der Waals surface area contributed by atoms with E-state index in [1.54, 1.807) is 0 Å². The Hall–Kier alpha value is -1.03. The van der Waals surface area contributed by atoms with E-state index in [-0.39, 0.29) is 0 Å². The highest BCUT2D eigenvalue weighted by Crippen LogP contribution is 2.23. The van der Waals surface area contributed by atoms with Crippen LogP contribution < -0.4 is 9.64 Å². The van der Waals surface area contributed by atoms with Gasteiger partial charge in [-0.1, -0.05) is 0 Å². The monoisotopic (exact) mass is 269 g/mol. The van der Waals surface area contributed by atoms with Gasteiger partial charge in [-0.2, -0.15) is 4.98 Å². The average Bonchev–Trinajstić information content (AvgIpc) is 2.38. The van der Waals surface area contributed by atoms with Gasteiger partial charge in [0.25, 0.3) is 0 Å². The Morgan fingerprint density at radius 2 is 2.33 bits per heavy atom. The molecule has 0 radical (unpaired) electrons. The molecule has 100 valence electrons. The maximum atomic E-state index is 5.95. The Bertz CT molecular complexity index is 400. The summed E-state index contributed by atoms with van der Waals surface area (Å²) in [4.78, 5) is 11.2. The van der Waals surface area contributed by atoms with Crippen LogP contribution in [-0.2, 0) is 0 Å². The molecule has 0 bridgehead atoms. The van der Waals surface area contributed by atoms with Crippen molar-refractivity contribution in [3.63, 3.8) is 0 Å². The van der Waals surface area contributed by atoms with E-state index in [0.717, 1.165) is 31.2 Å². The lowest BCUT2D eigenvalue weighted by molar-refractivity contribution is 0.325. The molecule has 1 aliphatic heterocycles. The molecule has 2 heterocycles. The molecule has 2 rings (SSSR count). The zero-order valence-electron chi connectivity index (χ0n) is 11.0. The van der Waals surface area contributed by atoms with E-state index in [2.05, 4.69) is 14.9 Å². The minimum absolute atomic E-state index is 0.542. The van der Waals surface area contributed by atoms with Gasteiger partial charge in [-0.25, -0.2) is 4.98 Å². The zero-order valence-corrected chi connectivity index (χ0v) is 11.8. The summed E-state index contributed by atoms with van der Waals surface area (Å²) in [7, 11) is 0. The Balaban J connectivity index is 2.16. The fraction of sp³-hybridized carbons (Fsp3) is 0.692. The van der Waals surface area contributed by atoms with E-state index < -0.39 is 0 Å². The number of alkyl halides is 1. The Kier molecular flexibility index (Phi) is 4.64. The maximum Gasteiger partial charge on any atom is 0.228 e. The van der Waals surface area contributed by atoms with Gasteiger partial charge in [0, 0.05) is 30.7 Å². The van der Waals surface area contributed by atoms with Gasteiger partial charge in [0.2, 0.25) is 11.8 Å². The average molecular weight is 270 g/mol. The molecule has 1 atom stereocenters. The van der Waals surface area contributed by atoms with Gasteiger partial charge < -0.3 is 9.64 Å². The predicted molar refractivity (Wildman–Crippen MR) is 73.6 cm³/mol. The van der Waals surface area contributed by atoms with Crippen LogP contribution in [0, 0.1) is 12.8 Å². The molecule has 1 aliphatic rings. The molecule has 5 heteroatoms. The smallest absolute Gasteiger partial charge is 0.228 e. The van der Waals surface area contributed by atoms with Crippen molar-refractivity contribution in [3.8, 4) is 5.88 Å². The number of nitrogens with zero attached hydrogens (tertiary/aromatic N) is 3. The molecular weight excluding hydrogens is 250 g/mol. The maximum absolute atomic E-state index is 5.95. The summed E-state index contributed by atoms with van der Waals surface area (Å²) in [5.41, 5.74) is 0.941. The molecule has 0 aromatic carbocycles. The fourth-order valence-corrected chi connectivity index (χ4v) is 2.51. The van der Waals surface area contributed by atoms with Crippen LogP contribution in [0.2, 0.25) is 0 Å². The summed E-state index contributed by atoms with van der Waals surface area (Å²) < 4.78 is 5.47. The number of anilines is 1. The third-order valence-electron chi connectivity index (χ3n) is 3.13. The number of hydrogen-bond donors (Lipinski definition) is 0. The lowest BCUT2D eigenvalue weighted by Crippen LogP contribution is -2.37. The molecule has 0 N–H and O–H groups in total. The van der Waals surface area contributed by atoms with Crippen molar-refractivity contribution in [3.05, 3.63) is 11.8 Å². The number of aryl methyl sites for hydroxylation is 1. The first kappa shape index (κ1) is 13.4. The van der Waals surface area contributed by atoms with Crippen LogP contribution in [-0.4, -0.2) is 35.5 Å². The van der Waals surface area contributed by atoms with Gasteiger partial charge in [0.05, 0.1) is 6.61 Å². The third-order valence-corrected chi connectivity index (χ3v) is 3.57. The van der Waals surface area contributed by atoms with Crippen LogP contribution in [0.5, 0.6) is 5.88 Å². The van der Waals surface area contributed by atoms with E-state index in [9.17, 15) is 0 Å². The standard InChI is InChI=1S/C13H20ClN3O/c1-3-18-12-7-10(2)15-13(16-12)17-6-4-5-11(8-14)9-17/h7,11H,3-6,8-9H2,1-2H3. The number of piperidine rings is 1. The topological polar surface area (TPSA) is 38.2 Å². The van der Waals surface area contributed by atoms with Crippen LogP contribution in [0.4, 0.5) is 5.95 Å². The van der Waals surface area contributed by atoms with E-state index in [4.69, 9.17) is 16.3 Å². The summed E-state index contributed by atoms with van der Waals surface area (Å²) in [5, 5.41) is 0. The number of halogens is 1. The molecule has 0 saturated carbocycles. The van der Waals surface area contributed by atoms with E-state index >= 15 is 0 Å². The van der Waals surface area contributed by atoms with Gasteiger partial charge >= 0.3 is 0 Å². The molecule has 4 nitrogen and oxygen atoms in total. The lowest BCUT2D eigenvalue weighted by atomic mass is 10.0. The second-order valence-corrected chi connectivity index (χ2v) is 5.00. The van der Waals surface area contributed by atoms with E-state index in [1.165, 1.54) is 6.42 Å². The highest BCUT2D eigenvalue weighted by molar-refractivity contribution is 6.18. The van der Waals surface area contributed by atoms with Crippen molar-refractivity contribution in [2.24, 2.45) is 5.92 Å². The quantitative estimate of drug-likeness (QED) is 0.788. The molecule has 1 fully saturated rings. The highest BCUT2D eigenvalue weighted by Gasteiger charge is 2.21. The number of ether oxygens (including phenoxy) is 1. The molecule has 18 heavy (non-hydrogen) atoms. The number of aromatic nitrogens is 2. The minimum Gasteiger partial charge on any atom is -0.478 e. The van der Waals surface area contributed by atoms with Crippen molar-refractivity contribution in [2.75, 3.05) is 30.5 Å². The van der Waals surface area contributed by atoms with E-state index in [1.807, 2.05) is 19.9 Å². The van der Waals surface area contributed by atoms with Crippen molar-refractivity contribution >= 4 is 17.5 Å². The van der Waals surface area contributed by atoms with Gasteiger partial charge in [-0.05, 0) is 32.6 Å². The predicted octanol–water partition coefficient (Wildman–Crippen LogP) is 2.64.